The standard InChI is InChI=1S/C18H22FN5O4/c1-27-18(26)24-7-5-23(6-8-24)4-2-13-10-14(19)12-15(11-13)20-17(25)21-16-3-9-28-22-16/h3,9-12H,2,4-8H2,1H3,(H2,20,21,22,25). The summed E-state index contributed by atoms with van der Waals surface area (Å²) in [6.07, 6.45) is 1.64. The largest absolute Gasteiger partial charge is 0.453 e. The van der Waals surface area contributed by atoms with Crippen molar-refractivity contribution in [1.82, 2.24) is 15.0 Å². The van der Waals surface area contributed by atoms with E-state index in [0.29, 0.717) is 25.2 Å². The first-order valence-corrected chi connectivity index (χ1v) is 8.86. The average molecular weight is 391 g/mol. The van der Waals surface area contributed by atoms with Crippen LogP contribution in [0, 0.1) is 5.82 Å². The fourth-order valence-corrected chi connectivity index (χ4v) is 2.99. The van der Waals surface area contributed by atoms with Gasteiger partial charge in [0.25, 0.3) is 0 Å². The van der Waals surface area contributed by atoms with Crippen LogP contribution in [0.1, 0.15) is 5.56 Å². The number of urea groups is 1. The van der Waals surface area contributed by atoms with Crippen LogP contribution < -0.4 is 10.6 Å². The van der Waals surface area contributed by atoms with E-state index in [0.717, 1.165) is 25.2 Å². The van der Waals surface area contributed by atoms with Crippen molar-refractivity contribution in [2.24, 2.45) is 0 Å². The van der Waals surface area contributed by atoms with Crippen molar-refractivity contribution >= 4 is 23.6 Å². The maximum atomic E-state index is 13.9. The van der Waals surface area contributed by atoms with Crippen LogP contribution in [0.25, 0.3) is 0 Å². The Morgan fingerprint density at radius 1 is 1.21 bits per heavy atom. The van der Waals surface area contributed by atoms with E-state index < -0.39 is 11.8 Å². The van der Waals surface area contributed by atoms with Gasteiger partial charge in [-0.25, -0.2) is 14.0 Å². The number of carbonyl (C=O) groups excluding carboxylic acids is 2. The minimum absolute atomic E-state index is 0.264. The van der Waals surface area contributed by atoms with Crippen molar-refractivity contribution in [1.29, 1.82) is 0 Å². The fraction of sp³-hybridized carbons (Fsp3) is 0.389. The van der Waals surface area contributed by atoms with Gasteiger partial charge in [-0.05, 0) is 30.2 Å². The summed E-state index contributed by atoms with van der Waals surface area (Å²) < 4.78 is 23.3. The number of carbonyl (C=O) groups is 2. The highest BCUT2D eigenvalue weighted by Gasteiger charge is 2.21. The summed E-state index contributed by atoms with van der Waals surface area (Å²) in [5.74, 6) is -0.162. The van der Waals surface area contributed by atoms with Crippen molar-refractivity contribution in [3.63, 3.8) is 0 Å². The first-order chi connectivity index (χ1) is 13.5. The number of methoxy groups -OCH3 is 1. The van der Waals surface area contributed by atoms with E-state index >= 15 is 0 Å². The van der Waals surface area contributed by atoms with Gasteiger partial charge in [-0.1, -0.05) is 5.16 Å². The molecular formula is C18H22FN5O4. The minimum Gasteiger partial charge on any atom is -0.453 e. The quantitative estimate of drug-likeness (QED) is 0.812. The SMILES string of the molecule is COC(=O)N1CCN(CCc2cc(F)cc(NC(=O)Nc3ccon3)c2)CC1. The molecule has 150 valence electrons. The lowest BCUT2D eigenvalue weighted by Gasteiger charge is -2.33. The molecule has 3 rings (SSSR count). The molecule has 2 heterocycles. The predicted octanol–water partition coefficient (Wildman–Crippen LogP) is 2.38. The summed E-state index contributed by atoms with van der Waals surface area (Å²) in [6.45, 7) is 3.39. The first-order valence-electron chi connectivity index (χ1n) is 8.86. The first kappa shape index (κ1) is 19.6. The van der Waals surface area contributed by atoms with Gasteiger partial charge >= 0.3 is 12.1 Å². The number of nitrogens with one attached hydrogen (secondary N) is 2. The third-order valence-corrected chi connectivity index (χ3v) is 4.42. The highest BCUT2D eigenvalue weighted by Crippen LogP contribution is 2.16. The monoisotopic (exact) mass is 391 g/mol. The zero-order valence-electron chi connectivity index (χ0n) is 15.5. The Morgan fingerprint density at radius 2 is 2.00 bits per heavy atom. The molecule has 0 aliphatic carbocycles. The smallest absolute Gasteiger partial charge is 0.409 e. The van der Waals surface area contributed by atoms with Crippen LogP contribution in [-0.4, -0.2) is 66.9 Å². The van der Waals surface area contributed by atoms with Crippen LogP contribution in [0.2, 0.25) is 0 Å². The van der Waals surface area contributed by atoms with Crippen LogP contribution in [0.4, 0.5) is 25.5 Å². The summed E-state index contributed by atoms with van der Waals surface area (Å²) in [5.41, 5.74) is 1.12. The second kappa shape index (κ2) is 9.18. The molecule has 2 N–H and O–H groups in total. The maximum absolute atomic E-state index is 13.9. The molecule has 3 amide bonds. The number of anilines is 2. The van der Waals surface area contributed by atoms with Crippen molar-refractivity contribution in [2.45, 2.75) is 6.42 Å². The lowest BCUT2D eigenvalue weighted by molar-refractivity contribution is 0.0914. The number of piperazine rings is 1. The molecule has 0 unspecified atom stereocenters. The molecule has 0 saturated carbocycles. The Kier molecular flexibility index (Phi) is 6.43. The molecule has 10 heteroatoms. The van der Waals surface area contributed by atoms with Crippen LogP contribution in [-0.2, 0) is 11.2 Å². The van der Waals surface area contributed by atoms with Gasteiger partial charge in [0, 0.05) is 44.5 Å². The third-order valence-electron chi connectivity index (χ3n) is 4.42. The van der Waals surface area contributed by atoms with Crippen LogP contribution in [0.3, 0.4) is 0 Å². The molecule has 2 aromatic rings. The van der Waals surface area contributed by atoms with Gasteiger partial charge in [0.2, 0.25) is 0 Å². The van der Waals surface area contributed by atoms with Crippen LogP contribution in [0.15, 0.2) is 35.1 Å². The number of hydrogen-bond acceptors (Lipinski definition) is 6. The van der Waals surface area contributed by atoms with Gasteiger partial charge in [0.1, 0.15) is 12.1 Å². The van der Waals surface area contributed by atoms with E-state index in [-0.39, 0.29) is 11.9 Å². The third kappa shape index (κ3) is 5.43. The number of rotatable bonds is 5. The molecule has 1 aliphatic heterocycles. The number of aromatic nitrogens is 1. The number of ether oxygens (including phenoxy) is 1. The summed E-state index contributed by atoms with van der Waals surface area (Å²) in [6, 6.07) is 5.39. The van der Waals surface area contributed by atoms with Crippen molar-refractivity contribution in [3.8, 4) is 0 Å². The van der Waals surface area contributed by atoms with Crippen molar-refractivity contribution in [2.75, 3.05) is 50.5 Å². The molecule has 1 aromatic heterocycles. The molecular weight excluding hydrogens is 369 g/mol. The molecule has 0 radical (unpaired) electrons. The maximum Gasteiger partial charge on any atom is 0.409 e. The topological polar surface area (TPSA) is 99.9 Å². The molecule has 1 aromatic carbocycles. The number of nitrogens with zero attached hydrogens (tertiary/aromatic N) is 3. The summed E-state index contributed by atoms with van der Waals surface area (Å²) in [5, 5.41) is 8.64. The minimum atomic E-state index is -0.538. The Hall–Kier alpha value is -3.14. The highest BCUT2D eigenvalue weighted by atomic mass is 19.1. The van der Waals surface area contributed by atoms with Gasteiger partial charge in [-0.15, -0.1) is 0 Å². The Morgan fingerprint density at radius 3 is 2.68 bits per heavy atom. The average Bonchev–Trinajstić information content (AvgIpc) is 3.18. The molecule has 1 saturated heterocycles. The second-order valence-corrected chi connectivity index (χ2v) is 6.36. The van der Waals surface area contributed by atoms with E-state index in [1.165, 1.54) is 31.6 Å². The van der Waals surface area contributed by atoms with Gasteiger partial charge in [0.15, 0.2) is 5.82 Å². The summed E-state index contributed by atoms with van der Waals surface area (Å²) in [7, 11) is 1.37. The van der Waals surface area contributed by atoms with E-state index in [9.17, 15) is 14.0 Å². The Bertz CT molecular complexity index is 806. The molecule has 0 spiro atoms. The van der Waals surface area contributed by atoms with Crippen LogP contribution in [0.5, 0.6) is 0 Å². The zero-order chi connectivity index (χ0) is 19.9. The Labute approximate surface area is 161 Å². The number of halogens is 1. The van der Waals surface area contributed by atoms with Gasteiger partial charge in [-0.2, -0.15) is 0 Å². The van der Waals surface area contributed by atoms with Crippen molar-refractivity contribution < 1.29 is 23.2 Å². The van der Waals surface area contributed by atoms with E-state index in [4.69, 9.17) is 4.74 Å². The second-order valence-electron chi connectivity index (χ2n) is 6.36. The van der Waals surface area contributed by atoms with Gasteiger partial charge in [-0.3, -0.25) is 10.2 Å². The number of benzene rings is 1. The predicted molar refractivity (Wildman–Crippen MR) is 99.7 cm³/mol. The van der Waals surface area contributed by atoms with Gasteiger partial charge < -0.3 is 19.5 Å². The number of amides is 3. The molecule has 1 fully saturated rings. The summed E-state index contributed by atoms with van der Waals surface area (Å²) >= 11 is 0. The van der Waals surface area contributed by atoms with Crippen LogP contribution >= 0.6 is 0 Å². The van der Waals surface area contributed by atoms with Gasteiger partial charge in [0.05, 0.1) is 7.11 Å². The fourth-order valence-electron chi connectivity index (χ4n) is 2.99. The van der Waals surface area contributed by atoms with E-state index in [2.05, 4.69) is 25.2 Å². The normalized spacial score (nSPS) is 14.6. The van der Waals surface area contributed by atoms with Crippen molar-refractivity contribution in [3.05, 3.63) is 41.9 Å². The molecule has 1 aliphatic rings. The lowest BCUT2D eigenvalue weighted by Crippen LogP contribution is -2.49. The molecule has 28 heavy (non-hydrogen) atoms. The molecule has 0 atom stereocenters. The molecule has 9 nitrogen and oxygen atoms in total. The zero-order valence-corrected chi connectivity index (χ0v) is 15.5. The summed E-state index contributed by atoms with van der Waals surface area (Å²) in [4.78, 5) is 27.3. The van der Waals surface area contributed by atoms with E-state index in [1.54, 1.807) is 11.0 Å². The Balaban J connectivity index is 1.51. The highest BCUT2D eigenvalue weighted by molar-refractivity contribution is 5.99. The molecule has 0 bridgehead atoms. The number of hydrogen-bond donors (Lipinski definition) is 2. The van der Waals surface area contributed by atoms with E-state index in [1.807, 2.05) is 0 Å². The lowest BCUT2D eigenvalue weighted by atomic mass is 10.1.